The molecule has 0 spiro atoms. The molecule has 0 aromatic heterocycles. The average molecular weight is 543 g/mol. The predicted molar refractivity (Wildman–Crippen MR) is 159 cm³/mol. The summed E-state index contributed by atoms with van der Waals surface area (Å²) >= 11 is 0. The second-order valence-electron chi connectivity index (χ2n) is 9.85. The number of amides is 2. The summed E-state index contributed by atoms with van der Waals surface area (Å²) in [5.41, 5.74) is 3.26. The molecule has 0 saturated carbocycles. The zero-order chi connectivity index (χ0) is 29.1. The van der Waals surface area contributed by atoms with E-state index in [1.165, 1.54) is 0 Å². The standard InChI is InChI=1S/C32H36N2O4.C2H6/c1-4-38-31(37)32(24-14-6-5-7-15-24)20-19-27(26-17-10-11-18-28(26)32)30(36)34(3)22-12-21-33-29(35)25-16-9-8-13-23(25)2;1-2/h5-11,13-18,27H,4,12,19-22H2,1-3H3,(H,33,35);1-2H3/t27-,32+;/m1./s1. The molecule has 2 atom stereocenters. The fraction of sp³-hybridized carbons (Fsp3) is 0.382. The molecule has 0 saturated heterocycles. The van der Waals surface area contributed by atoms with Crippen LogP contribution in [0.15, 0.2) is 78.9 Å². The third-order valence-corrected chi connectivity index (χ3v) is 7.51. The molecule has 3 aromatic carbocycles. The zero-order valence-corrected chi connectivity index (χ0v) is 24.4. The lowest BCUT2D eigenvalue weighted by Crippen LogP contribution is -2.45. The SMILES string of the molecule is CC.CCOC(=O)[C@]1(c2ccccc2)CC[C@@H](C(=O)N(C)CCCNC(=O)c2ccccc2C)c2ccccc21. The number of benzene rings is 3. The van der Waals surface area contributed by atoms with Gasteiger partial charge in [-0.15, -0.1) is 0 Å². The van der Waals surface area contributed by atoms with E-state index in [9.17, 15) is 14.4 Å². The van der Waals surface area contributed by atoms with Crippen molar-refractivity contribution in [2.45, 2.75) is 58.3 Å². The van der Waals surface area contributed by atoms with Crippen molar-refractivity contribution in [3.63, 3.8) is 0 Å². The van der Waals surface area contributed by atoms with E-state index >= 15 is 0 Å². The van der Waals surface area contributed by atoms with E-state index in [1.54, 1.807) is 11.9 Å². The largest absolute Gasteiger partial charge is 0.465 e. The van der Waals surface area contributed by atoms with Crippen LogP contribution in [0.1, 0.15) is 78.6 Å². The number of hydrogen-bond acceptors (Lipinski definition) is 4. The van der Waals surface area contributed by atoms with Gasteiger partial charge in [0, 0.05) is 25.7 Å². The first-order valence-corrected chi connectivity index (χ1v) is 14.3. The van der Waals surface area contributed by atoms with Crippen molar-refractivity contribution < 1.29 is 19.1 Å². The molecule has 0 heterocycles. The van der Waals surface area contributed by atoms with Gasteiger partial charge in [-0.25, -0.2) is 0 Å². The highest BCUT2D eigenvalue weighted by molar-refractivity contribution is 5.95. The number of rotatable bonds is 9. The van der Waals surface area contributed by atoms with E-state index in [2.05, 4.69) is 5.32 Å². The zero-order valence-electron chi connectivity index (χ0n) is 24.4. The van der Waals surface area contributed by atoms with Crippen molar-refractivity contribution in [3.8, 4) is 0 Å². The Balaban J connectivity index is 0.00000216. The smallest absolute Gasteiger partial charge is 0.321 e. The van der Waals surface area contributed by atoms with Crippen molar-refractivity contribution in [1.82, 2.24) is 10.2 Å². The van der Waals surface area contributed by atoms with E-state index < -0.39 is 5.41 Å². The van der Waals surface area contributed by atoms with Crippen molar-refractivity contribution in [2.24, 2.45) is 0 Å². The Morgan fingerprint density at radius 1 is 0.950 bits per heavy atom. The first-order chi connectivity index (χ1) is 19.4. The van der Waals surface area contributed by atoms with Crippen LogP contribution >= 0.6 is 0 Å². The molecule has 0 fully saturated rings. The fourth-order valence-corrected chi connectivity index (χ4v) is 5.52. The van der Waals surface area contributed by atoms with Crippen molar-refractivity contribution >= 4 is 17.8 Å². The van der Waals surface area contributed by atoms with Gasteiger partial charge in [0.25, 0.3) is 5.91 Å². The lowest BCUT2D eigenvalue weighted by molar-refractivity contribution is -0.149. The minimum atomic E-state index is -0.941. The van der Waals surface area contributed by atoms with Gasteiger partial charge in [0.1, 0.15) is 5.41 Å². The molecule has 0 bridgehead atoms. The third kappa shape index (κ3) is 6.44. The summed E-state index contributed by atoms with van der Waals surface area (Å²) in [5, 5.41) is 2.95. The summed E-state index contributed by atoms with van der Waals surface area (Å²) in [6, 6.07) is 25.0. The maximum atomic E-state index is 13.6. The molecular weight excluding hydrogens is 500 g/mol. The predicted octanol–water partition coefficient (Wildman–Crippen LogP) is 6.03. The first-order valence-electron chi connectivity index (χ1n) is 14.3. The quantitative estimate of drug-likeness (QED) is 0.265. The van der Waals surface area contributed by atoms with Crippen LogP contribution in [0.2, 0.25) is 0 Å². The minimum Gasteiger partial charge on any atom is -0.465 e. The number of esters is 1. The Morgan fingerprint density at radius 3 is 2.30 bits per heavy atom. The number of fused-ring (bicyclic) bond motifs is 1. The monoisotopic (exact) mass is 542 g/mol. The molecule has 0 radical (unpaired) electrons. The lowest BCUT2D eigenvalue weighted by Gasteiger charge is -2.41. The summed E-state index contributed by atoms with van der Waals surface area (Å²) in [5.74, 6) is -0.700. The number of nitrogens with zero attached hydrogens (tertiary/aromatic N) is 1. The number of likely N-dealkylation sites (N-methyl/N-ethyl adjacent to an activating group) is 1. The second-order valence-corrected chi connectivity index (χ2v) is 9.85. The number of carbonyl (C=O) groups is 3. The highest BCUT2D eigenvalue weighted by atomic mass is 16.5. The summed E-state index contributed by atoms with van der Waals surface area (Å²) in [7, 11) is 1.80. The molecule has 2 amide bonds. The van der Waals surface area contributed by atoms with Gasteiger partial charge in [-0.2, -0.15) is 0 Å². The van der Waals surface area contributed by atoms with Crippen LogP contribution in [-0.4, -0.2) is 49.4 Å². The Hall–Kier alpha value is -3.93. The third-order valence-electron chi connectivity index (χ3n) is 7.51. The Bertz CT molecular complexity index is 1290. The molecule has 6 nitrogen and oxygen atoms in total. The van der Waals surface area contributed by atoms with Crippen molar-refractivity contribution in [2.75, 3.05) is 26.7 Å². The molecule has 3 aromatic rings. The highest BCUT2D eigenvalue weighted by Crippen LogP contribution is 2.48. The maximum absolute atomic E-state index is 13.6. The van der Waals surface area contributed by atoms with Crippen LogP contribution in [0.25, 0.3) is 0 Å². The van der Waals surface area contributed by atoms with Gasteiger partial charge in [0.15, 0.2) is 0 Å². The first kappa shape index (κ1) is 30.6. The van der Waals surface area contributed by atoms with Crippen molar-refractivity contribution in [1.29, 1.82) is 0 Å². The van der Waals surface area contributed by atoms with Crippen molar-refractivity contribution in [3.05, 3.63) is 107 Å². The summed E-state index contributed by atoms with van der Waals surface area (Å²) < 4.78 is 5.59. The Morgan fingerprint density at radius 2 is 1.60 bits per heavy atom. The normalized spacial score (nSPS) is 17.5. The van der Waals surface area contributed by atoms with Crippen LogP contribution < -0.4 is 5.32 Å². The van der Waals surface area contributed by atoms with Gasteiger partial charge in [-0.1, -0.05) is 86.6 Å². The number of carbonyl (C=O) groups excluding carboxylic acids is 3. The molecular formula is C34H42N2O4. The fourth-order valence-electron chi connectivity index (χ4n) is 5.52. The molecule has 212 valence electrons. The van der Waals surface area contributed by atoms with Gasteiger partial charge in [0.05, 0.1) is 12.5 Å². The van der Waals surface area contributed by atoms with Gasteiger partial charge in [-0.05, 0) is 61.4 Å². The van der Waals surface area contributed by atoms with Crippen LogP contribution in [-0.2, 0) is 19.7 Å². The minimum absolute atomic E-state index is 0.0215. The van der Waals surface area contributed by atoms with E-state index in [-0.39, 0.29) is 23.7 Å². The van der Waals surface area contributed by atoms with Gasteiger partial charge in [-0.3, -0.25) is 14.4 Å². The molecule has 0 unspecified atom stereocenters. The van der Waals surface area contributed by atoms with Crippen LogP contribution in [0.5, 0.6) is 0 Å². The number of nitrogens with one attached hydrogen (secondary N) is 1. The Kier molecular flexibility index (Phi) is 11.1. The van der Waals surface area contributed by atoms with E-state index in [4.69, 9.17) is 4.74 Å². The molecule has 6 heteroatoms. The van der Waals surface area contributed by atoms with Gasteiger partial charge >= 0.3 is 5.97 Å². The molecule has 1 aliphatic carbocycles. The number of aryl methyl sites for hydroxylation is 1. The van der Waals surface area contributed by atoms with E-state index in [1.807, 2.05) is 107 Å². The molecule has 40 heavy (non-hydrogen) atoms. The number of ether oxygens (including phenoxy) is 1. The van der Waals surface area contributed by atoms with Crippen LogP contribution in [0.3, 0.4) is 0 Å². The van der Waals surface area contributed by atoms with Gasteiger partial charge in [0.2, 0.25) is 5.91 Å². The van der Waals surface area contributed by atoms with Gasteiger partial charge < -0.3 is 15.0 Å². The summed E-state index contributed by atoms with van der Waals surface area (Å²) in [4.78, 5) is 41.3. The topological polar surface area (TPSA) is 75.7 Å². The van der Waals surface area contributed by atoms with Crippen LogP contribution in [0.4, 0.5) is 0 Å². The van der Waals surface area contributed by atoms with Crippen LogP contribution in [0, 0.1) is 6.92 Å². The summed E-state index contributed by atoms with van der Waals surface area (Å²) in [6.07, 6.45) is 1.67. The molecule has 1 aliphatic rings. The highest BCUT2D eigenvalue weighted by Gasteiger charge is 2.49. The molecule has 0 aliphatic heterocycles. The van der Waals surface area contributed by atoms with E-state index in [0.717, 1.165) is 22.3 Å². The molecule has 4 rings (SSSR count). The average Bonchev–Trinajstić information content (AvgIpc) is 3.00. The Labute approximate surface area is 238 Å². The summed E-state index contributed by atoms with van der Waals surface area (Å²) in [6.45, 7) is 9.02. The second kappa shape index (κ2) is 14.5. The molecule has 1 N–H and O–H groups in total. The maximum Gasteiger partial charge on any atom is 0.321 e. The number of hydrogen-bond donors (Lipinski definition) is 1. The van der Waals surface area contributed by atoms with E-state index in [0.29, 0.717) is 44.5 Å². The lowest BCUT2D eigenvalue weighted by atomic mass is 9.63.